The van der Waals surface area contributed by atoms with E-state index in [0.717, 1.165) is 23.4 Å². The standard InChI is InChI=1S/C14H22BrNO/c1-4-11(5-2)10-17-14-7-6-12(9-16-3)8-13(14)15/h6-8,11,16H,4-5,9-10H2,1-3H3. The Kier molecular flexibility index (Phi) is 6.60. The Labute approximate surface area is 113 Å². The summed E-state index contributed by atoms with van der Waals surface area (Å²) in [6.07, 6.45) is 2.35. The van der Waals surface area contributed by atoms with Crippen LogP contribution in [0, 0.1) is 5.92 Å². The minimum atomic E-state index is 0.652. The van der Waals surface area contributed by atoms with E-state index in [1.54, 1.807) is 0 Å². The van der Waals surface area contributed by atoms with Crippen LogP contribution in [0.25, 0.3) is 0 Å². The van der Waals surface area contributed by atoms with E-state index in [9.17, 15) is 0 Å². The molecule has 0 aliphatic rings. The van der Waals surface area contributed by atoms with Crippen LogP contribution in [0.15, 0.2) is 22.7 Å². The second-order valence-corrected chi connectivity index (χ2v) is 5.14. The van der Waals surface area contributed by atoms with Gasteiger partial charge in [0.15, 0.2) is 0 Å². The quantitative estimate of drug-likeness (QED) is 0.822. The number of hydrogen-bond donors (Lipinski definition) is 1. The molecule has 0 aliphatic carbocycles. The highest BCUT2D eigenvalue weighted by Crippen LogP contribution is 2.26. The van der Waals surface area contributed by atoms with E-state index in [-0.39, 0.29) is 0 Å². The number of nitrogens with one attached hydrogen (secondary N) is 1. The summed E-state index contributed by atoms with van der Waals surface area (Å²) in [6.45, 7) is 6.10. The zero-order valence-electron chi connectivity index (χ0n) is 10.9. The zero-order valence-corrected chi connectivity index (χ0v) is 12.5. The van der Waals surface area contributed by atoms with Crippen molar-refractivity contribution in [2.75, 3.05) is 13.7 Å². The van der Waals surface area contributed by atoms with E-state index in [2.05, 4.69) is 47.2 Å². The van der Waals surface area contributed by atoms with E-state index >= 15 is 0 Å². The molecule has 1 aromatic rings. The van der Waals surface area contributed by atoms with Gasteiger partial charge in [-0.05, 0) is 46.6 Å². The summed E-state index contributed by atoms with van der Waals surface area (Å²) >= 11 is 3.56. The van der Waals surface area contributed by atoms with Crippen molar-refractivity contribution in [1.29, 1.82) is 0 Å². The molecule has 2 nitrogen and oxygen atoms in total. The summed E-state index contributed by atoms with van der Waals surface area (Å²) < 4.78 is 6.88. The van der Waals surface area contributed by atoms with Crippen LogP contribution in [-0.4, -0.2) is 13.7 Å². The molecule has 0 amide bonds. The van der Waals surface area contributed by atoms with Crippen LogP contribution >= 0.6 is 15.9 Å². The Morgan fingerprint density at radius 2 is 2.00 bits per heavy atom. The Balaban J connectivity index is 2.59. The van der Waals surface area contributed by atoms with E-state index in [1.165, 1.54) is 18.4 Å². The summed E-state index contributed by atoms with van der Waals surface area (Å²) in [7, 11) is 1.95. The monoisotopic (exact) mass is 299 g/mol. The predicted molar refractivity (Wildman–Crippen MR) is 76.5 cm³/mol. The minimum absolute atomic E-state index is 0.652. The SMILES string of the molecule is CCC(CC)COc1ccc(CNC)cc1Br. The maximum atomic E-state index is 5.85. The van der Waals surface area contributed by atoms with Crippen molar-refractivity contribution in [3.05, 3.63) is 28.2 Å². The van der Waals surface area contributed by atoms with E-state index < -0.39 is 0 Å². The lowest BCUT2D eigenvalue weighted by atomic mass is 10.1. The molecular weight excluding hydrogens is 278 g/mol. The highest BCUT2D eigenvalue weighted by atomic mass is 79.9. The topological polar surface area (TPSA) is 21.3 Å². The number of ether oxygens (including phenoxy) is 1. The molecule has 0 saturated carbocycles. The van der Waals surface area contributed by atoms with E-state index in [1.807, 2.05) is 13.1 Å². The van der Waals surface area contributed by atoms with Gasteiger partial charge in [-0.15, -0.1) is 0 Å². The molecule has 17 heavy (non-hydrogen) atoms. The van der Waals surface area contributed by atoms with Gasteiger partial charge in [0, 0.05) is 6.54 Å². The smallest absolute Gasteiger partial charge is 0.133 e. The summed E-state index contributed by atoms with van der Waals surface area (Å²) in [5.41, 5.74) is 1.26. The summed E-state index contributed by atoms with van der Waals surface area (Å²) in [5.74, 6) is 1.59. The Morgan fingerprint density at radius 3 is 2.53 bits per heavy atom. The largest absolute Gasteiger partial charge is 0.492 e. The molecule has 0 heterocycles. The molecular formula is C14H22BrNO. The Morgan fingerprint density at radius 1 is 1.29 bits per heavy atom. The Bertz CT molecular complexity index is 337. The number of halogens is 1. The molecule has 96 valence electrons. The van der Waals surface area contributed by atoms with Crippen LogP contribution < -0.4 is 10.1 Å². The zero-order chi connectivity index (χ0) is 12.7. The third kappa shape index (κ3) is 4.68. The summed E-state index contributed by atoms with van der Waals surface area (Å²) in [4.78, 5) is 0. The van der Waals surface area contributed by atoms with Crippen LogP contribution in [0.4, 0.5) is 0 Å². The molecule has 3 heteroatoms. The van der Waals surface area contributed by atoms with Crippen molar-refractivity contribution in [3.63, 3.8) is 0 Å². The van der Waals surface area contributed by atoms with Crippen molar-refractivity contribution in [2.45, 2.75) is 33.2 Å². The number of hydrogen-bond acceptors (Lipinski definition) is 2. The lowest BCUT2D eigenvalue weighted by Crippen LogP contribution is -2.10. The fourth-order valence-electron chi connectivity index (χ4n) is 1.71. The van der Waals surface area contributed by atoms with Crippen molar-refractivity contribution >= 4 is 15.9 Å². The van der Waals surface area contributed by atoms with Gasteiger partial charge in [-0.1, -0.05) is 32.8 Å². The van der Waals surface area contributed by atoms with Gasteiger partial charge in [-0.25, -0.2) is 0 Å². The second-order valence-electron chi connectivity index (χ2n) is 4.29. The predicted octanol–water partition coefficient (Wildman–Crippen LogP) is 3.98. The van der Waals surface area contributed by atoms with E-state index in [0.29, 0.717) is 5.92 Å². The maximum Gasteiger partial charge on any atom is 0.133 e. The van der Waals surface area contributed by atoms with Crippen LogP contribution in [0.2, 0.25) is 0 Å². The van der Waals surface area contributed by atoms with Crippen molar-refractivity contribution in [1.82, 2.24) is 5.32 Å². The van der Waals surface area contributed by atoms with Gasteiger partial charge >= 0.3 is 0 Å². The van der Waals surface area contributed by atoms with Gasteiger partial charge in [-0.2, -0.15) is 0 Å². The van der Waals surface area contributed by atoms with Crippen LogP contribution in [0.1, 0.15) is 32.3 Å². The third-order valence-corrected chi connectivity index (χ3v) is 3.63. The molecule has 0 radical (unpaired) electrons. The second kappa shape index (κ2) is 7.72. The maximum absolute atomic E-state index is 5.85. The average molecular weight is 300 g/mol. The lowest BCUT2D eigenvalue weighted by Gasteiger charge is -2.15. The molecule has 0 atom stereocenters. The molecule has 0 bridgehead atoms. The Hall–Kier alpha value is -0.540. The third-order valence-electron chi connectivity index (χ3n) is 3.01. The first kappa shape index (κ1) is 14.5. The first-order chi connectivity index (χ1) is 8.21. The normalized spacial score (nSPS) is 10.9. The van der Waals surface area contributed by atoms with E-state index in [4.69, 9.17) is 4.74 Å². The fraction of sp³-hybridized carbons (Fsp3) is 0.571. The van der Waals surface area contributed by atoms with Gasteiger partial charge in [-0.3, -0.25) is 0 Å². The minimum Gasteiger partial charge on any atom is -0.492 e. The van der Waals surface area contributed by atoms with Crippen LogP contribution in [0.5, 0.6) is 5.75 Å². The van der Waals surface area contributed by atoms with Gasteiger partial charge in [0.25, 0.3) is 0 Å². The van der Waals surface area contributed by atoms with Gasteiger partial charge in [0.05, 0.1) is 11.1 Å². The average Bonchev–Trinajstić information content (AvgIpc) is 2.33. The first-order valence-electron chi connectivity index (χ1n) is 6.27. The lowest BCUT2D eigenvalue weighted by molar-refractivity contribution is 0.239. The highest BCUT2D eigenvalue weighted by Gasteiger charge is 2.07. The van der Waals surface area contributed by atoms with Crippen molar-refractivity contribution in [3.8, 4) is 5.75 Å². The van der Waals surface area contributed by atoms with Gasteiger partial charge < -0.3 is 10.1 Å². The number of rotatable bonds is 7. The van der Waals surface area contributed by atoms with Crippen LogP contribution in [-0.2, 0) is 6.54 Å². The van der Waals surface area contributed by atoms with Gasteiger partial charge in [0.1, 0.15) is 5.75 Å². The van der Waals surface area contributed by atoms with Crippen LogP contribution in [0.3, 0.4) is 0 Å². The first-order valence-corrected chi connectivity index (χ1v) is 7.06. The van der Waals surface area contributed by atoms with Gasteiger partial charge in [0.2, 0.25) is 0 Å². The molecule has 0 aromatic heterocycles. The summed E-state index contributed by atoms with van der Waals surface area (Å²) in [5, 5.41) is 3.14. The number of benzene rings is 1. The molecule has 1 rings (SSSR count). The summed E-state index contributed by atoms with van der Waals surface area (Å²) in [6, 6.07) is 6.25. The molecule has 1 N–H and O–H groups in total. The van der Waals surface area contributed by atoms with Crippen molar-refractivity contribution in [2.24, 2.45) is 5.92 Å². The highest BCUT2D eigenvalue weighted by molar-refractivity contribution is 9.10. The van der Waals surface area contributed by atoms with Crippen molar-refractivity contribution < 1.29 is 4.74 Å². The fourth-order valence-corrected chi connectivity index (χ4v) is 2.25. The molecule has 0 saturated heterocycles. The molecule has 0 unspecified atom stereocenters. The molecule has 0 fully saturated rings. The molecule has 0 spiro atoms. The molecule has 1 aromatic carbocycles. The molecule has 0 aliphatic heterocycles.